The maximum atomic E-state index is 10.7. The van der Waals surface area contributed by atoms with Crippen molar-refractivity contribution < 1.29 is 22.9 Å². The lowest BCUT2D eigenvalue weighted by atomic mass is 10.2. The molecule has 0 aliphatic heterocycles. The zero-order valence-electron chi connectivity index (χ0n) is 10.8. The Hall–Kier alpha value is -1.26. The largest absolute Gasteiger partial charge is 0.481 e. The first-order valence-electron chi connectivity index (χ1n) is 5.17. The second-order valence-corrected chi connectivity index (χ2v) is 1.29. The molecule has 0 saturated heterocycles. The highest BCUT2D eigenvalue weighted by atomic mass is 16.4. The molecule has 1 atom stereocenters. The summed E-state index contributed by atoms with van der Waals surface area (Å²) in [5.74, 6) is -5.78. The molecule has 5 nitrogen and oxygen atoms in total. The Balaban J connectivity index is 5.54. The summed E-state index contributed by atoms with van der Waals surface area (Å²) < 4.78 is 42.0. The van der Waals surface area contributed by atoms with Crippen LogP contribution in [0.15, 0.2) is 0 Å². The quantitative estimate of drug-likeness (QED) is 0.503. The molecule has 0 spiro atoms. The van der Waals surface area contributed by atoms with Gasteiger partial charge in [0.1, 0.15) is 0 Å². The monoisotopic (exact) mass is 152 g/mol. The Kier molecular flexibility index (Phi) is 1.03. The number of nitrogens with two attached hydrogens (primary N) is 1. The van der Waals surface area contributed by atoms with Crippen LogP contribution < -0.4 is 11.1 Å². The molecular weight excluding hydrogens is 136 g/mol. The molecule has 0 saturated carbocycles. The van der Waals surface area contributed by atoms with Gasteiger partial charge in [0.25, 0.3) is 0 Å². The number of carboxylic acids is 1. The summed E-state index contributed by atoms with van der Waals surface area (Å²) in [5, 5.41) is 9.93. The summed E-state index contributed by atoms with van der Waals surface area (Å²) in [6.45, 7) is -6.82. The van der Waals surface area contributed by atoms with E-state index in [0.717, 1.165) is 0 Å². The summed E-state index contributed by atoms with van der Waals surface area (Å²) >= 11 is 0. The van der Waals surface area contributed by atoms with Crippen molar-refractivity contribution in [1.29, 1.82) is 0 Å². The Morgan fingerprint density at radius 1 is 2.10 bits per heavy atom. The van der Waals surface area contributed by atoms with Crippen LogP contribution >= 0.6 is 0 Å². The summed E-state index contributed by atoms with van der Waals surface area (Å²) in [4.78, 5) is 21.1. The maximum Gasteiger partial charge on any atom is 0.312 e. The van der Waals surface area contributed by atoms with Crippen molar-refractivity contribution in [3.05, 3.63) is 0 Å². The van der Waals surface area contributed by atoms with Gasteiger partial charge in [-0.25, -0.2) is 4.79 Å². The van der Waals surface area contributed by atoms with Gasteiger partial charge in [-0.05, 0) is 0 Å². The number of primary amides is 1. The van der Waals surface area contributed by atoms with Gasteiger partial charge in [-0.3, -0.25) is 4.79 Å². The number of nitrogens with one attached hydrogen (secondary N) is 1. The second-order valence-electron chi connectivity index (χ2n) is 1.29. The number of hydrogen-bond donors (Lipinski definition) is 3. The van der Waals surface area contributed by atoms with Gasteiger partial charge in [0.05, 0.1) is 8.64 Å². The van der Waals surface area contributed by atoms with E-state index in [4.69, 9.17) is 13.3 Å². The zero-order chi connectivity index (χ0) is 13.4. The first-order valence-corrected chi connectivity index (χ1v) is 2.17. The van der Waals surface area contributed by atoms with E-state index in [2.05, 4.69) is 5.73 Å². The van der Waals surface area contributed by atoms with Crippen LogP contribution in [0, 0.1) is 5.89 Å². The van der Waals surface area contributed by atoms with Gasteiger partial charge in [0, 0.05) is 12.0 Å². The van der Waals surface area contributed by atoms with Gasteiger partial charge < -0.3 is 16.2 Å². The zero-order valence-corrected chi connectivity index (χ0v) is 4.84. The van der Waals surface area contributed by atoms with Crippen LogP contribution in [0.4, 0.5) is 4.79 Å². The Morgan fingerprint density at radius 3 is 3.00 bits per heavy atom. The highest BCUT2D eigenvalue weighted by Gasteiger charge is 2.09. The molecule has 0 fully saturated rings. The molecule has 1 unspecified atom stereocenters. The molecule has 4 N–H and O–H groups in total. The number of aliphatic carboxylic acids is 1. The van der Waals surface area contributed by atoms with Crippen LogP contribution in [-0.2, 0) is 4.79 Å². The van der Waals surface area contributed by atoms with Crippen LogP contribution in [0.2, 0.25) is 0 Å². The minimum Gasteiger partial charge on any atom is -0.481 e. The molecule has 0 aliphatic rings. The highest BCUT2D eigenvalue weighted by Crippen LogP contribution is 1.89. The van der Waals surface area contributed by atoms with Crippen molar-refractivity contribution in [2.75, 3.05) is 6.50 Å². The third kappa shape index (κ3) is 3.71. The summed E-state index contributed by atoms with van der Waals surface area (Å²) in [5.41, 5.74) is 4.57. The molecule has 10 heavy (non-hydrogen) atoms. The molecule has 0 radical (unpaired) electrons. The molecule has 0 rings (SSSR count). The van der Waals surface area contributed by atoms with Gasteiger partial charge in [0.15, 0.2) is 0 Å². The number of hydrogen-bond acceptors (Lipinski definition) is 2. The average molecular weight is 152 g/mol. The van der Waals surface area contributed by atoms with E-state index in [1.807, 2.05) is 0 Å². The lowest BCUT2D eigenvalue weighted by molar-refractivity contribution is -0.140. The summed E-state index contributed by atoms with van der Waals surface area (Å²) in [6, 6.07) is -1.47. The van der Waals surface area contributed by atoms with Crippen LogP contribution in [0.3, 0.4) is 0 Å². The van der Waals surface area contributed by atoms with Crippen molar-refractivity contribution in [1.82, 2.24) is 5.32 Å². The number of urea groups is 1. The van der Waals surface area contributed by atoms with Crippen LogP contribution in [0.1, 0.15) is 15.1 Å². The van der Waals surface area contributed by atoms with E-state index in [1.54, 1.807) is 0 Å². The van der Waals surface area contributed by atoms with Crippen molar-refractivity contribution in [3.8, 4) is 0 Å². The highest BCUT2D eigenvalue weighted by molar-refractivity contribution is 5.74. The first-order chi connectivity index (χ1) is 6.86. The molecule has 0 aromatic heterocycles. The minimum atomic E-state index is -3.55. The Bertz CT molecular complexity index is 316. The molecule has 2 amide bonds. The molecular formula is C5H10N2O3. The normalized spacial score (nSPS) is 26.8. The maximum absolute atomic E-state index is 10.7. The molecule has 58 valence electrons. The smallest absolute Gasteiger partial charge is 0.312 e. The lowest BCUT2D eigenvalue weighted by Gasteiger charge is -2.04. The predicted octanol–water partition coefficient (Wildman–Crippen LogP) is -0.625. The van der Waals surface area contributed by atoms with Crippen molar-refractivity contribution in [2.24, 2.45) is 11.6 Å². The minimum absolute atomic E-state index is 1.29. The molecule has 0 bridgehead atoms. The number of carbonyl (C=O) groups excluding carboxylic acids is 1. The van der Waals surface area contributed by atoms with Gasteiger partial charge in [0.2, 0.25) is 0 Å². The Labute approximate surface area is 66.6 Å². The van der Waals surface area contributed by atoms with Crippen molar-refractivity contribution >= 4 is 12.0 Å². The number of amides is 2. The topological polar surface area (TPSA) is 92.4 Å². The van der Waals surface area contributed by atoms with E-state index in [9.17, 15) is 9.59 Å². The van der Waals surface area contributed by atoms with E-state index >= 15 is 0 Å². The molecule has 0 aliphatic carbocycles. The average Bonchev–Trinajstić information content (AvgIpc) is 1.97. The van der Waals surface area contributed by atoms with Crippen molar-refractivity contribution in [2.45, 2.75) is 6.85 Å². The summed E-state index contributed by atoms with van der Waals surface area (Å²) in [7, 11) is 0. The van der Waals surface area contributed by atoms with Gasteiger partial charge in [-0.15, -0.1) is 0 Å². The van der Waals surface area contributed by atoms with Gasteiger partial charge in [-0.2, -0.15) is 0 Å². The third-order valence-corrected chi connectivity index (χ3v) is 0.525. The lowest BCUT2D eigenvalue weighted by Crippen LogP contribution is -2.35. The van der Waals surface area contributed by atoms with Gasteiger partial charge in [-0.1, -0.05) is 6.85 Å². The molecule has 0 heterocycles. The fourth-order valence-electron chi connectivity index (χ4n) is 0.178. The molecule has 0 aromatic carbocycles. The van der Waals surface area contributed by atoms with E-state index in [1.165, 1.54) is 5.32 Å². The number of rotatable bonds is 3. The molecule has 0 aromatic rings. The van der Waals surface area contributed by atoms with E-state index < -0.39 is 31.2 Å². The summed E-state index contributed by atoms with van der Waals surface area (Å²) in [6.07, 6.45) is 0. The van der Waals surface area contributed by atoms with E-state index in [0.29, 0.717) is 0 Å². The van der Waals surface area contributed by atoms with E-state index in [-0.39, 0.29) is 0 Å². The first kappa shape index (κ1) is 2.77. The predicted molar refractivity (Wildman–Crippen MR) is 34.4 cm³/mol. The second kappa shape index (κ2) is 3.71. The fraction of sp³-hybridized carbons (Fsp3) is 0.600. The number of carboxylic acid groups (broad SMARTS) is 1. The van der Waals surface area contributed by atoms with Crippen LogP contribution in [0.25, 0.3) is 0 Å². The van der Waals surface area contributed by atoms with Crippen LogP contribution in [0.5, 0.6) is 0 Å². The van der Waals surface area contributed by atoms with Crippen LogP contribution in [-0.4, -0.2) is 23.6 Å². The Morgan fingerprint density at radius 2 is 2.70 bits per heavy atom. The molecule has 5 heteroatoms. The SMILES string of the molecule is [2H]C([2H])([2H])C([2H])(C(=O)O)C([2H])([2H])NC(N)=O. The third-order valence-electron chi connectivity index (χ3n) is 0.525. The van der Waals surface area contributed by atoms with Gasteiger partial charge >= 0.3 is 12.0 Å². The number of carbonyl (C=O) groups is 2. The van der Waals surface area contributed by atoms with Crippen molar-refractivity contribution in [3.63, 3.8) is 0 Å². The fourth-order valence-corrected chi connectivity index (χ4v) is 0.178. The standard InChI is InChI=1S/C5H10N2O3/c1-3(4(8)9)2-7-5(6)10/h3H,2H2,1H3,(H,8,9)(H3,6,7,10)/i1D3,2D2,3D.